The third-order valence-electron chi connectivity index (χ3n) is 5.21. The number of rotatable bonds is 6. The van der Waals surface area contributed by atoms with Gasteiger partial charge in [0.2, 0.25) is 10.0 Å². The van der Waals surface area contributed by atoms with Gasteiger partial charge in [0.15, 0.2) is 0 Å². The normalized spacial score (nSPS) is 25.8. The molecule has 0 amide bonds. The molecule has 2 fully saturated rings. The van der Waals surface area contributed by atoms with Gasteiger partial charge in [0, 0.05) is 50.8 Å². The summed E-state index contributed by atoms with van der Waals surface area (Å²) in [5, 5.41) is 0. The minimum atomic E-state index is -3.89. The van der Waals surface area contributed by atoms with Crippen molar-refractivity contribution in [2.24, 2.45) is 5.92 Å². The van der Waals surface area contributed by atoms with E-state index in [1.165, 1.54) is 24.3 Å². The molecule has 146 valence electrons. The Labute approximate surface area is 155 Å². The maximum absolute atomic E-state index is 14.0. The molecule has 2 heterocycles. The zero-order chi connectivity index (χ0) is 18.7. The number of sulfonamides is 1. The Morgan fingerprint density at radius 2 is 1.92 bits per heavy atom. The van der Waals surface area contributed by atoms with E-state index in [4.69, 9.17) is 4.74 Å². The molecule has 1 aromatic rings. The topological polar surface area (TPSA) is 61.9 Å². The first-order chi connectivity index (χ1) is 12.4. The fraction of sp³-hybridized carbons (Fsp3) is 0.667. The second kappa shape index (κ2) is 8.31. The van der Waals surface area contributed by atoms with Crippen LogP contribution in [0.5, 0.6) is 0 Å². The highest BCUT2D eigenvalue weighted by Gasteiger charge is 2.39. The second-order valence-corrected chi connectivity index (χ2v) is 9.16. The summed E-state index contributed by atoms with van der Waals surface area (Å²) >= 11 is 0. The van der Waals surface area contributed by atoms with Gasteiger partial charge in [-0.25, -0.2) is 17.5 Å². The molecule has 0 bridgehead atoms. The van der Waals surface area contributed by atoms with Crippen LogP contribution in [0.1, 0.15) is 12.8 Å². The Bertz CT molecular complexity index is 707. The molecule has 1 aromatic carbocycles. The van der Waals surface area contributed by atoms with Crippen molar-refractivity contribution in [2.75, 3.05) is 46.9 Å². The largest absolute Gasteiger partial charge is 0.381 e. The summed E-state index contributed by atoms with van der Waals surface area (Å²) in [6.45, 7) is 3.78. The number of ether oxygens (including phenoxy) is 1. The van der Waals surface area contributed by atoms with Gasteiger partial charge in [-0.15, -0.1) is 0 Å². The SMILES string of the molecule is CN(C)C[C@@H]1CN(C2CCOCC2)C[C@H]1NS(=O)(=O)c1ccccc1F. The minimum absolute atomic E-state index is 0.161. The summed E-state index contributed by atoms with van der Waals surface area (Å²) in [6.07, 6.45) is 1.95. The molecule has 8 heteroatoms. The van der Waals surface area contributed by atoms with Crippen LogP contribution < -0.4 is 4.72 Å². The molecular formula is C18H28FN3O3S. The average molecular weight is 386 g/mol. The van der Waals surface area contributed by atoms with E-state index in [9.17, 15) is 12.8 Å². The molecule has 1 N–H and O–H groups in total. The van der Waals surface area contributed by atoms with Crippen molar-refractivity contribution in [3.8, 4) is 0 Å². The van der Waals surface area contributed by atoms with Crippen molar-refractivity contribution in [2.45, 2.75) is 29.8 Å². The minimum Gasteiger partial charge on any atom is -0.381 e. The summed E-state index contributed by atoms with van der Waals surface area (Å²) in [4.78, 5) is 4.15. The van der Waals surface area contributed by atoms with Gasteiger partial charge in [0.25, 0.3) is 0 Å². The van der Waals surface area contributed by atoms with Crippen LogP contribution in [0.3, 0.4) is 0 Å². The highest BCUT2D eigenvalue weighted by atomic mass is 32.2. The zero-order valence-corrected chi connectivity index (χ0v) is 16.2. The van der Waals surface area contributed by atoms with E-state index in [-0.39, 0.29) is 16.9 Å². The summed E-state index contributed by atoms with van der Waals surface area (Å²) in [5.41, 5.74) is 0. The molecule has 26 heavy (non-hydrogen) atoms. The summed E-state index contributed by atoms with van der Waals surface area (Å²) in [5.74, 6) is -0.558. The Balaban J connectivity index is 1.76. The molecule has 3 rings (SSSR count). The predicted octanol–water partition coefficient (Wildman–Crippen LogP) is 1.15. The highest BCUT2D eigenvalue weighted by Crippen LogP contribution is 2.26. The van der Waals surface area contributed by atoms with E-state index in [0.29, 0.717) is 12.6 Å². The van der Waals surface area contributed by atoms with E-state index >= 15 is 0 Å². The lowest BCUT2D eigenvalue weighted by molar-refractivity contribution is 0.0405. The van der Waals surface area contributed by atoms with Crippen molar-refractivity contribution in [1.82, 2.24) is 14.5 Å². The monoisotopic (exact) mass is 385 g/mol. The maximum Gasteiger partial charge on any atom is 0.243 e. The van der Waals surface area contributed by atoms with Gasteiger partial charge in [0.1, 0.15) is 10.7 Å². The first-order valence-electron chi connectivity index (χ1n) is 9.10. The Kier molecular flexibility index (Phi) is 6.29. The van der Waals surface area contributed by atoms with E-state index in [1.807, 2.05) is 14.1 Å². The highest BCUT2D eigenvalue weighted by molar-refractivity contribution is 7.89. The molecular weight excluding hydrogens is 357 g/mol. The van der Waals surface area contributed by atoms with E-state index in [0.717, 1.165) is 39.1 Å². The molecule has 2 atom stereocenters. The smallest absolute Gasteiger partial charge is 0.243 e. The molecule has 0 aromatic heterocycles. The number of likely N-dealkylation sites (tertiary alicyclic amines) is 1. The molecule has 0 spiro atoms. The van der Waals surface area contributed by atoms with Gasteiger partial charge in [-0.2, -0.15) is 0 Å². The summed E-state index contributed by atoms with van der Waals surface area (Å²) in [6, 6.07) is 5.71. The first-order valence-corrected chi connectivity index (χ1v) is 10.6. The van der Waals surface area contributed by atoms with Gasteiger partial charge in [0.05, 0.1) is 0 Å². The van der Waals surface area contributed by atoms with Crippen molar-refractivity contribution in [3.05, 3.63) is 30.1 Å². The van der Waals surface area contributed by atoms with Gasteiger partial charge >= 0.3 is 0 Å². The summed E-state index contributed by atoms with van der Waals surface area (Å²) < 4.78 is 47.6. The van der Waals surface area contributed by atoms with Crippen molar-refractivity contribution < 1.29 is 17.5 Å². The number of hydrogen-bond acceptors (Lipinski definition) is 5. The first kappa shape index (κ1) is 19.7. The number of benzene rings is 1. The van der Waals surface area contributed by atoms with Crippen molar-refractivity contribution in [3.63, 3.8) is 0 Å². The lowest BCUT2D eigenvalue weighted by atomic mass is 10.0. The molecule has 2 aliphatic heterocycles. The fourth-order valence-electron chi connectivity index (χ4n) is 3.97. The van der Waals surface area contributed by atoms with Crippen LogP contribution in [0.2, 0.25) is 0 Å². The average Bonchev–Trinajstić information content (AvgIpc) is 2.97. The van der Waals surface area contributed by atoms with E-state index in [1.54, 1.807) is 0 Å². The molecule has 2 aliphatic rings. The van der Waals surface area contributed by atoms with E-state index in [2.05, 4.69) is 14.5 Å². The van der Waals surface area contributed by atoms with Crippen LogP contribution in [0, 0.1) is 11.7 Å². The Morgan fingerprint density at radius 3 is 2.58 bits per heavy atom. The van der Waals surface area contributed by atoms with Gasteiger partial charge < -0.3 is 9.64 Å². The Hall–Kier alpha value is -1.06. The third kappa shape index (κ3) is 4.61. The van der Waals surface area contributed by atoms with Gasteiger partial charge in [-0.3, -0.25) is 4.90 Å². The van der Waals surface area contributed by atoms with Gasteiger partial charge in [-0.1, -0.05) is 12.1 Å². The molecule has 6 nitrogen and oxygen atoms in total. The van der Waals surface area contributed by atoms with Crippen molar-refractivity contribution >= 4 is 10.0 Å². The fourth-order valence-corrected chi connectivity index (χ4v) is 5.34. The van der Waals surface area contributed by atoms with Crippen LogP contribution in [-0.2, 0) is 14.8 Å². The van der Waals surface area contributed by atoms with Crippen LogP contribution in [0.4, 0.5) is 4.39 Å². The number of halogens is 1. The van der Waals surface area contributed by atoms with Gasteiger partial charge in [-0.05, 0) is 39.1 Å². The lowest BCUT2D eigenvalue weighted by Crippen LogP contribution is -2.44. The third-order valence-corrected chi connectivity index (χ3v) is 6.73. The standard InChI is InChI=1S/C18H28FN3O3S/c1-21(2)11-14-12-22(15-7-9-25-10-8-15)13-17(14)20-26(23,24)18-6-4-3-5-16(18)19/h3-6,14-15,17,20H,7-13H2,1-2H3/t14-,17-/m1/s1. The molecule has 0 saturated carbocycles. The Morgan fingerprint density at radius 1 is 1.23 bits per heavy atom. The molecule has 0 radical (unpaired) electrons. The predicted molar refractivity (Wildman–Crippen MR) is 98.0 cm³/mol. The van der Waals surface area contributed by atoms with Crippen LogP contribution in [0.15, 0.2) is 29.2 Å². The number of hydrogen-bond donors (Lipinski definition) is 1. The zero-order valence-electron chi connectivity index (χ0n) is 15.4. The molecule has 2 saturated heterocycles. The van der Waals surface area contributed by atoms with Crippen molar-refractivity contribution in [1.29, 1.82) is 0 Å². The molecule has 0 unspecified atom stereocenters. The van der Waals surface area contributed by atoms with E-state index < -0.39 is 15.8 Å². The van der Waals surface area contributed by atoms with Crippen LogP contribution in [0.25, 0.3) is 0 Å². The maximum atomic E-state index is 14.0. The number of nitrogens with zero attached hydrogens (tertiary/aromatic N) is 2. The van der Waals surface area contributed by atoms with Crippen LogP contribution >= 0.6 is 0 Å². The quantitative estimate of drug-likeness (QED) is 0.796. The number of nitrogens with one attached hydrogen (secondary N) is 1. The van der Waals surface area contributed by atoms with Crippen LogP contribution in [-0.4, -0.2) is 77.2 Å². The summed E-state index contributed by atoms with van der Waals surface area (Å²) in [7, 11) is 0.0792. The molecule has 0 aliphatic carbocycles. The second-order valence-electron chi connectivity index (χ2n) is 7.48. The lowest BCUT2D eigenvalue weighted by Gasteiger charge is -2.31.